The Kier molecular flexibility index (Phi) is 10.6. The molecule has 9 nitrogen and oxygen atoms in total. The normalized spacial score (nSPS) is 11.2. The maximum Gasteiger partial charge on any atom is 0.254 e. The minimum Gasteiger partial charge on any atom is -0.398 e. The van der Waals surface area contributed by atoms with Crippen molar-refractivity contribution in [1.82, 2.24) is 33.6 Å². The van der Waals surface area contributed by atoms with Crippen LogP contribution in [0.2, 0.25) is 0 Å². The van der Waals surface area contributed by atoms with Gasteiger partial charge in [0.05, 0.1) is 33.1 Å². The van der Waals surface area contributed by atoms with E-state index < -0.39 is 0 Å². The second-order valence-electron chi connectivity index (χ2n) is 11.8. The van der Waals surface area contributed by atoms with E-state index in [9.17, 15) is 4.79 Å². The first-order valence-electron chi connectivity index (χ1n) is 15.0. The van der Waals surface area contributed by atoms with Crippen LogP contribution in [0.15, 0.2) is 47.3 Å². The second-order valence-corrected chi connectivity index (χ2v) is 11.8. The highest BCUT2D eigenvalue weighted by atomic mass is 16.1. The highest BCUT2D eigenvalue weighted by molar-refractivity contribution is 5.90. The lowest BCUT2D eigenvalue weighted by atomic mass is 10.1. The molecule has 0 saturated heterocycles. The van der Waals surface area contributed by atoms with Gasteiger partial charge in [0.15, 0.2) is 0 Å². The fourth-order valence-corrected chi connectivity index (χ4v) is 6.01. The van der Waals surface area contributed by atoms with Crippen LogP contribution in [-0.4, -0.2) is 33.6 Å². The van der Waals surface area contributed by atoms with E-state index in [1.54, 1.807) is 4.57 Å². The molecule has 6 rings (SSSR count). The first-order valence-corrected chi connectivity index (χ1v) is 15.0. The van der Waals surface area contributed by atoms with E-state index >= 15 is 0 Å². The average Bonchev–Trinajstić information content (AvgIpc) is 3.46. The van der Waals surface area contributed by atoms with Gasteiger partial charge in [0, 0.05) is 42.9 Å². The summed E-state index contributed by atoms with van der Waals surface area (Å²) in [6.07, 6.45) is 2.11. The van der Waals surface area contributed by atoms with Gasteiger partial charge in [-0.05, 0) is 84.7 Å². The molecule has 45 heavy (non-hydrogen) atoms. The Labute approximate surface area is 267 Å². The molecule has 0 aliphatic carbocycles. The molecule has 0 bridgehead atoms. The SMILES string of the molecule is C.C.CCCc1nc2c(C)cc(-c3nc4ccccc4n3C)cc2n1C(C)C.Cc1nc(C)c2c(N)cc(=O)n(C(C)C)c2n1. The number of para-hydroxylation sites is 2. The van der Waals surface area contributed by atoms with Gasteiger partial charge in [-0.3, -0.25) is 9.36 Å². The van der Waals surface area contributed by atoms with Crippen molar-refractivity contribution in [2.24, 2.45) is 7.05 Å². The number of aryl methyl sites for hydroxylation is 5. The van der Waals surface area contributed by atoms with Gasteiger partial charge in [0.2, 0.25) is 0 Å². The van der Waals surface area contributed by atoms with E-state index in [1.165, 1.54) is 23.0 Å². The molecule has 9 heteroatoms. The molecule has 240 valence electrons. The predicted octanol–water partition coefficient (Wildman–Crippen LogP) is 8.28. The molecule has 4 heterocycles. The van der Waals surface area contributed by atoms with Crippen LogP contribution >= 0.6 is 0 Å². The lowest BCUT2D eigenvalue weighted by Crippen LogP contribution is -2.23. The second kappa shape index (κ2) is 13.6. The van der Waals surface area contributed by atoms with Gasteiger partial charge < -0.3 is 14.9 Å². The molecule has 4 aromatic heterocycles. The van der Waals surface area contributed by atoms with Crippen molar-refractivity contribution < 1.29 is 0 Å². The molecule has 2 aromatic carbocycles. The van der Waals surface area contributed by atoms with Crippen LogP contribution in [-0.2, 0) is 13.5 Å². The Morgan fingerprint density at radius 1 is 0.844 bits per heavy atom. The quantitative estimate of drug-likeness (QED) is 0.210. The summed E-state index contributed by atoms with van der Waals surface area (Å²) in [5.74, 6) is 2.84. The van der Waals surface area contributed by atoms with Crippen LogP contribution in [0.25, 0.3) is 44.5 Å². The number of fused-ring (bicyclic) bond motifs is 3. The Morgan fingerprint density at radius 3 is 2.13 bits per heavy atom. The third-order valence-electron chi connectivity index (χ3n) is 7.83. The lowest BCUT2D eigenvalue weighted by molar-refractivity contribution is 0.580. The van der Waals surface area contributed by atoms with E-state index in [1.807, 2.05) is 33.8 Å². The van der Waals surface area contributed by atoms with Crippen molar-refractivity contribution in [1.29, 1.82) is 0 Å². The van der Waals surface area contributed by atoms with E-state index in [4.69, 9.17) is 15.7 Å². The first kappa shape index (κ1) is 35.0. The largest absolute Gasteiger partial charge is 0.398 e. The predicted molar refractivity (Wildman–Crippen MR) is 190 cm³/mol. The first-order chi connectivity index (χ1) is 20.4. The lowest BCUT2D eigenvalue weighted by Gasteiger charge is -2.15. The minimum absolute atomic E-state index is 0. The Balaban J connectivity index is 0.000000255. The smallest absolute Gasteiger partial charge is 0.254 e. The fraction of sp³-hybridized carbons (Fsp3) is 0.417. The summed E-state index contributed by atoms with van der Waals surface area (Å²) in [4.78, 5) is 30.4. The number of hydrogen-bond donors (Lipinski definition) is 1. The van der Waals surface area contributed by atoms with E-state index in [-0.39, 0.29) is 26.5 Å². The zero-order valence-corrected chi connectivity index (χ0v) is 26.7. The maximum absolute atomic E-state index is 11.9. The number of nitrogens with two attached hydrogens (primary N) is 1. The summed E-state index contributed by atoms with van der Waals surface area (Å²) < 4.78 is 6.21. The number of nitrogens with zero attached hydrogens (tertiary/aromatic N) is 7. The summed E-state index contributed by atoms with van der Waals surface area (Å²) in [5.41, 5.74) is 14.5. The molecule has 6 aromatic rings. The van der Waals surface area contributed by atoms with Crippen molar-refractivity contribution >= 4 is 38.8 Å². The highest BCUT2D eigenvalue weighted by Gasteiger charge is 2.18. The number of imidazole rings is 2. The van der Waals surface area contributed by atoms with Crippen LogP contribution < -0.4 is 11.3 Å². The molecule has 0 unspecified atom stereocenters. The Morgan fingerprint density at radius 2 is 1.51 bits per heavy atom. The number of anilines is 1. The molecular weight excluding hydrogens is 560 g/mol. The van der Waals surface area contributed by atoms with Crippen LogP contribution in [0.5, 0.6) is 0 Å². The molecular formula is C36H50N8O. The molecule has 0 aliphatic heterocycles. The number of hydrogen-bond acceptors (Lipinski definition) is 6. The Hall–Kier alpha value is -4.53. The summed E-state index contributed by atoms with van der Waals surface area (Å²) in [7, 11) is 2.09. The van der Waals surface area contributed by atoms with Crippen LogP contribution in [0, 0.1) is 20.8 Å². The molecule has 0 atom stereocenters. The van der Waals surface area contributed by atoms with Gasteiger partial charge in [-0.2, -0.15) is 0 Å². The molecule has 0 aliphatic rings. The molecule has 2 N–H and O–H groups in total. The zero-order chi connectivity index (χ0) is 31.2. The average molecular weight is 611 g/mol. The van der Waals surface area contributed by atoms with Crippen molar-refractivity contribution in [3.63, 3.8) is 0 Å². The van der Waals surface area contributed by atoms with Crippen LogP contribution in [0.4, 0.5) is 5.69 Å². The maximum atomic E-state index is 11.9. The number of pyridine rings is 1. The summed E-state index contributed by atoms with van der Waals surface area (Å²) in [6, 6.07) is 14.6. The van der Waals surface area contributed by atoms with E-state index in [2.05, 4.69) is 84.2 Å². The summed E-state index contributed by atoms with van der Waals surface area (Å²) in [5, 5.41) is 0.768. The number of nitrogen functional groups attached to an aromatic ring is 1. The minimum atomic E-state index is -0.123. The summed E-state index contributed by atoms with van der Waals surface area (Å²) in [6.45, 7) is 16.4. The topological polar surface area (TPSA) is 109 Å². The van der Waals surface area contributed by atoms with E-state index in [0.29, 0.717) is 23.2 Å². The zero-order valence-electron chi connectivity index (χ0n) is 26.7. The van der Waals surface area contributed by atoms with Crippen molar-refractivity contribution in [3.05, 3.63) is 75.7 Å². The third kappa shape index (κ3) is 6.34. The fourth-order valence-electron chi connectivity index (χ4n) is 6.01. The van der Waals surface area contributed by atoms with Crippen molar-refractivity contribution in [2.75, 3.05) is 5.73 Å². The number of aromatic nitrogens is 7. The standard InChI is InChI=1S/C22H26N4.C12H16N4O.2CH4/c1-6-9-20-24-21-15(4)12-16(13-19(21)26(20)14(2)3)22-23-17-10-7-8-11-18(17)25(22)5;1-6(2)16-10(17)5-9(13)11-7(3)14-8(4)15-12(11)16;;/h7-8,10-14H,6,9H2,1-5H3;5-6H,13H2,1-4H3;2*1H4. The molecule has 0 saturated carbocycles. The van der Waals surface area contributed by atoms with Gasteiger partial charge >= 0.3 is 0 Å². The Bertz CT molecular complexity index is 2030. The van der Waals surface area contributed by atoms with Crippen LogP contribution in [0.3, 0.4) is 0 Å². The molecule has 0 fully saturated rings. The monoisotopic (exact) mass is 610 g/mol. The van der Waals surface area contributed by atoms with Gasteiger partial charge in [0.25, 0.3) is 5.56 Å². The molecule has 0 spiro atoms. The number of benzene rings is 2. The van der Waals surface area contributed by atoms with Gasteiger partial charge in [-0.15, -0.1) is 0 Å². The highest BCUT2D eigenvalue weighted by Crippen LogP contribution is 2.31. The van der Waals surface area contributed by atoms with Crippen molar-refractivity contribution in [3.8, 4) is 11.4 Å². The summed E-state index contributed by atoms with van der Waals surface area (Å²) >= 11 is 0. The third-order valence-corrected chi connectivity index (χ3v) is 7.83. The molecule has 0 radical (unpaired) electrons. The number of rotatable bonds is 5. The molecule has 0 amide bonds. The van der Waals surface area contributed by atoms with Crippen LogP contribution in [0.1, 0.15) is 90.9 Å². The van der Waals surface area contributed by atoms with Crippen molar-refractivity contribution in [2.45, 2.75) is 95.2 Å². The van der Waals surface area contributed by atoms with E-state index in [0.717, 1.165) is 51.9 Å². The van der Waals surface area contributed by atoms with Gasteiger partial charge in [-0.1, -0.05) is 33.9 Å². The van der Waals surface area contributed by atoms with Gasteiger partial charge in [0.1, 0.15) is 23.1 Å². The van der Waals surface area contributed by atoms with Gasteiger partial charge in [-0.25, -0.2) is 19.9 Å².